The van der Waals surface area contributed by atoms with Crippen LogP contribution in [0.2, 0.25) is 0 Å². The number of carbonyl (C=O) groups excluding carboxylic acids is 1. The Morgan fingerprint density at radius 2 is 1.96 bits per heavy atom. The van der Waals surface area contributed by atoms with E-state index in [1.165, 1.54) is 0 Å². The van der Waals surface area contributed by atoms with Gasteiger partial charge in [0.1, 0.15) is 6.54 Å². The lowest BCUT2D eigenvalue weighted by molar-refractivity contribution is -0.114. The standard InChI is InChI=1S/C17H21N3O3S2/c1-4-24-17-10-9-14(11-18-17)19-16(21)12-20(25(3,22)23)15-8-6-5-7-13(15)2/h5-11H,4,12H2,1-3H3,(H,19,21). The van der Waals surface area contributed by atoms with Gasteiger partial charge in [-0.05, 0) is 36.4 Å². The predicted octanol–water partition coefficient (Wildman–Crippen LogP) is 2.91. The lowest BCUT2D eigenvalue weighted by atomic mass is 10.2. The maximum atomic E-state index is 12.3. The Morgan fingerprint density at radius 3 is 2.52 bits per heavy atom. The molecule has 1 heterocycles. The molecule has 0 aliphatic rings. The van der Waals surface area contributed by atoms with Gasteiger partial charge in [-0.25, -0.2) is 13.4 Å². The number of rotatable bonds is 7. The molecule has 134 valence electrons. The molecule has 0 radical (unpaired) electrons. The highest BCUT2D eigenvalue weighted by atomic mass is 32.2. The second-order valence-electron chi connectivity index (χ2n) is 5.42. The molecule has 2 aromatic rings. The van der Waals surface area contributed by atoms with E-state index in [1.807, 2.05) is 19.1 Å². The summed E-state index contributed by atoms with van der Waals surface area (Å²) in [4.78, 5) is 16.6. The maximum absolute atomic E-state index is 12.3. The van der Waals surface area contributed by atoms with Crippen LogP contribution in [0.25, 0.3) is 0 Å². The number of aryl methyl sites for hydroxylation is 1. The predicted molar refractivity (Wildman–Crippen MR) is 103 cm³/mol. The minimum atomic E-state index is -3.59. The number of amides is 1. The SMILES string of the molecule is CCSc1ccc(NC(=O)CN(c2ccccc2C)S(C)(=O)=O)cn1. The van der Waals surface area contributed by atoms with Crippen molar-refractivity contribution in [3.63, 3.8) is 0 Å². The fourth-order valence-electron chi connectivity index (χ4n) is 2.24. The van der Waals surface area contributed by atoms with Crippen molar-refractivity contribution in [3.8, 4) is 0 Å². The fourth-order valence-corrected chi connectivity index (χ4v) is 3.74. The van der Waals surface area contributed by atoms with Gasteiger partial charge in [0.25, 0.3) is 0 Å². The number of nitrogens with one attached hydrogen (secondary N) is 1. The van der Waals surface area contributed by atoms with E-state index >= 15 is 0 Å². The van der Waals surface area contributed by atoms with E-state index in [4.69, 9.17) is 0 Å². The Morgan fingerprint density at radius 1 is 1.24 bits per heavy atom. The van der Waals surface area contributed by atoms with Crippen molar-refractivity contribution in [1.82, 2.24) is 4.98 Å². The van der Waals surface area contributed by atoms with Gasteiger partial charge in [0, 0.05) is 0 Å². The van der Waals surface area contributed by atoms with Crippen molar-refractivity contribution in [3.05, 3.63) is 48.2 Å². The molecular formula is C17H21N3O3S2. The quantitative estimate of drug-likeness (QED) is 0.748. The highest BCUT2D eigenvalue weighted by molar-refractivity contribution is 7.99. The smallest absolute Gasteiger partial charge is 0.245 e. The van der Waals surface area contributed by atoms with E-state index in [0.717, 1.165) is 26.9 Å². The molecule has 6 nitrogen and oxygen atoms in total. The van der Waals surface area contributed by atoms with Gasteiger partial charge in [-0.2, -0.15) is 0 Å². The first-order valence-electron chi connectivity index (χ1n) is 7.73. The molecule has 8 heteroatoms. The molecule has 1 aromatic carbocycles. The lowest BCUT2D eigenvalue weighted by Crippen LogP contribution is -2.37. The molecule has 0 atom stereocenters. The number of benzene rings is 1. The zero-order chi connectivity index (χ0) is 18.4. The van der Waals surface area contributed by atoms with Crippen LogP contribution in [-0.4, -0.2) is 37.9 Å². The van der Waals surface area contributed by atoms with Gasteiger partial charge >= 0.3 is 0 Å². The minimum Gasteiger partial charge on any atom is -0.323 e. The molecule has 0 spiro atoms. The molecule has 2 rings (SSSR count). The third-order valence-corrected chi connectivity index (χ3v) is 5.34. The van der Waals surface area contributed by atoms with Gasteiger partial charge < -0.3 is 5.32 Å². The first-order chi connectivity index (χ1) is 11.8. The Labute approximate surface area is 152 Å². The maximum Gasteiger partial charge on any atom is 0.245 e. The number of thioether (sulfide) groups is 1. The van der Waals surface area contributed by atoms with Crippen LogP contribution in [0.1, 0.15) is 12.5 Å². The number of carbonyl (C=O) groups is 1. The van der Waals surface area contributed by atoms with Crippen LogP contribution in [0.3, 0.4) is 0 Å². The van der Waals surface area contributed by atoms with Crippen LogP contribution in [0.5, 0.6) is 0 Å². The average Bonchev–Trinajstić information content (AvgIpc) is 2.55. The summed E-state index contributed by atoms with van der Waals surface area (Å²) in [5.74, 6) is 0.490. The molecule has 25 heavy (non-hydrogen) atoms. The zero-order valence-electron chi connectivity index (χ0n) is 14.4. The Bertz CT molecular complexity index is 836. The molecule has 0 aliphatic carbocycles. The third-order valence-electron chi connectivity index (χ3n) is 3.38. The van der Waals surface area contributed by atoms with Gasteiger partial charge in [-0.1, -0.05) is 25.1 Å². The summed E-state index contributed by atoms with van der Waals surface area (Å²) in [6.45, 7) is 3.54. The van der Waals surface area contributed by atoms with E-state index in [2.05, 4.69) is 10.3 Å². The van der Waals surface area contributed by atoms with Gasteiger partial charge in [0.05, 0.1) is 28.9 Å². The number of nitrogens with zero attached hydrogens (tertiary/aromatic N) is 2. The van der Waals surface area contributed by atoms with Gasteiger partial charge in [-0.15, -0.1) is 11.8 Å². The molecule has 0 saturated carbocycles. The highest BCUT2D eigenvalue weighted by Crippen LogP contribution is 2.22. The van der Waals surface area contributed by atoms with Crippen LogP contribution in [0.4, 0.5) is 11.4 Å². The zero-order valence-corrected chi connectivity index (χ0v) is 16.0. The molecule has 0 fully saturated rings. The van der Waals surface area contributed by atoms with Crippen LogP contribution in [-0.2, 0) is 14.8 Å². The summed E-state index contributed by atoms with van der Waals surface area (Å²) in [5.41, 5.74) is 1.81. The molecule has 0 bridgehead atoms. The summed E-state index contributed by atoms with van der Waals surface area (Å²) in [7, 11) is -3.59. The van der Waals surface area contributed by atoms with E-state index < -0.39 is 15.9 Å². The Balaban J connectivity index is 2.14. The molecular weight excluding hydrogens is 358 g/mol. The number of pyridine rings is 1. The van der Waals surface area contributed by atoms with E-state index in [1.54, 1.807) is 49.1 Å². The molecule has 0 saturated heterocycles. The number of aromatic nitrogens is 1. The van der Waals surface area contributed by atoms with Crippen LogP contribution in [0, 0.1) is 6.92 Å². The first kappa shape index (κ1) is 19.3. The van der Waals surface area contributed by atoms with E-state index in [-0.39, 0.29) is 6.54 Å². The van der Waals surface area contributed by atoms with Crippen LogP contribution in [0.15, 0.2) is 47.6 Å². The first-order valence-corrected chi connectivity index (χ1v) is 10.6. The van der Waals surface area contributed by atoms with E-state index in [9.17, 15) is 13.2 Å². The van der Waals surface area contributed by atoms with Crippen LogP contribution < -0.4 is 9.62 Å². The third kappa shape index (κ3) is 5.47. The minimum absolute atomic E-state index is 0.296. The summed E-state index contributed by atoms with van der Waals surface area (Å²) < 4.78 is 25.3. The fraction of sp³-hybridized carbons (Fsp3) is 0.294. The van der Waals surface area contributed by atoms with Gasteiger partial charge in [-0.3, -0.25) is 9.10 Å². The molecule has 1 aromatic heterocycles. The summed E-state index contributed by atoms with van der Waals surface area (Å²) in [6, 6.07) is 10.6. The second kappa shape index (κ2) is 8.35. The number of anilines is 2. The van der Waals surface area contributed by atoms with Crippen molar-refractivity contribution < 1.29 is 13.2 Å². The summed E-state index contributed by atoms with van der Waals surface area (Å²) in [5, 5.41) is 3.56. The average molecular weight is 380 g/mol. The topological polar surface area (TPSA) is 79.4 Å². The number of para-hydroxylation sites is 1. The van der Waals surface area contributed by atoms with Gasteiger partial charge in [0.2, 0.25) is 15.9 Å². The van der Waals surface area contributed by atoms with Crippen molar-refractivity contribution in [2.24, 2.45) is 0 Å². The lowest BCUT2D eigenvalue weighted by Gasteiger charge is -2.23. The van der Waals surface area contributed by atoms with Crippen molar-refractivity contribution in [1.29, 1.82) is 0 Å². The molecule has 1 N–H and O–H groups in total. The monoisotopic (exact) mass is 379 g/mol. The Kier molecular flexibility index (Phi) is 6.44. The summed E-state index contributed by atoms with van der Waals surface area (Å²) in [6.07, 6.45) is 2.65. The number of sulfonamides is 1. The van der Waals surface area contributed by atoms with Crippen molar-refractivity contribution in [2.45, 2.75) is 18.9 Å². The highest BCUT2D eigenvalue weighted by Gasteiger charge is 2.22. The van der Waals surface area contributed by atoms with Gasteiger partial charge in [0.15, 0.2) is 0 Å². The van der Waals surface area contributed by atoms with Crippen molar-refractivity contribution in [2.75, 3.05) is 28.2 Å². The van der Waals surface area contributed by atoms with Crippen molar-refractivity contribution >= 4 is 39.1 Å². The largest absolute Gasteiger partial charge is 0.323 e. The Hall–Kier alpha value is -2.06. The number of hydrogen-bond acceptors (Lipinski definition) is 5. The van der Waals surface area contributed by atoms with Crippen LogP contribution >= 0.6 is 11.8 Å². The normalized spacial score (nSPS) is 11.2. The second-order valence-corrected chi connectivity index (χ2v) is 8.61. The molecule has 0 aliphatic heterocycles. The molecule has 1 amide bonds. The van der Waals surface area contributed by atoms with E-state index in [0.29, 0.717) is 11.4 Å². The number of hydrogen-bond donors (Lipinski definition) is 1. The summed E-state index contributed by atoms with van der Waals surface area (Å²) >= 11 is 1.60. The molecule has 0 unspecified atom stereocenters.